The van der Waals surface area contributed by atoms with Gasteiger partial charge in [0.05, 0.1) is 23.0 Å². The van der Waals surface area contributed by atoms with Crippen LogP contribution in [0.15, 0.2) is 46.4 Å². The number of likely N-dealkylation sites (tertiary alicyclic amines) is 2. The van der Waals surface area contributed by atoms with Crippen LogP contribution in [0.5, 0.6) is 5.88 Å². The van der Waals surface area contributed by atoms with Crippen molar-refractivity contribution < 1.29 is 19.1 Å². The molecule has 0 saturated carbocycles. The highest BCUT2D eigenvalue weighted by Crippen LogP contribution is 2.29. The minimum absolute atomic E-state index is 0.0328. The van der Waals surface area contributed by atoms with Gasteiger partial charge in [-0.05, 0) is 76.3 Å². The summed E-state index contributed by atoms with van der Waals surface area (Å²) in [4.78, 5) is 37.0. The van der Waals surface area contributed by atoms with E-state index < -0.39 is 5.82 Å². The Hall–Kier alpha value is -3.62. The van der Waals surface area contributed by atoms with Gasteiger partial charge in [-0.2, -0.15) is 0 Å². The highest BCUT2D eigenvalue weighted by atomic mass is 19.1. The molecule has 3 amide bonds. The lowest BCUT2D eigenvalue weighted by Gasteiger charge is -2.34. The molecule has 3 N–H and O–H groups in total. The molecule has 0 radical (unpaired) electrons. The summed E-state index contributed by atoms with van der Waals surface area (Å²) in [6.45, 7) is 8.04. The van der Waals surface area contributed by atoms with Crippen LogP contribution in [0.2, 0.25) is 0 Å². The fourth-order valence-electron chi connectivity index (χ4n) is 4.93. The molecule has 0 bridgehead atoms. The number of urea groups is 1. The van der Waals surface area contributed by atoms with Crippen molar-refractivity contribution in [2.24, 2.45) is 10.9 Å². The van der Waals surface area contributed by atoms with Crippen molar-refractivity contribution in [2.45, 2.75) is 46.5 Å². The minimum Gasteiger partial charge on any atom is -0.494 e. The van der Waals surface area contributed by atoms with Crippen LogP contribution in [0.4, 0.5) is 9.18 Å². The first kappa shape index (κ1) is 25.5. The lowest BCUT2D eigenvalue weighted by Crippen LogP contribution is -2.49. The predicted molar refractivity (Wildman–Crippen MR) is 137 cm³/mol. The number of carbonyl (C=O) groups excluding carboxylic acids is 2. The van der Waals surface area contributed by atoms with Gasteiger partial charge in [-0.25, -0.2) is 9.18 Å². The van der Waals surface area contributed by atoms with E-state index in [9.17, 15) is 19.1 Å². The maximum Gasteiger partial charge on any atom is 0.320 e. The third-order valence-electron chi connectivity index (χ3n) is 6.98. The number of carbonyl (C=O) groups is 2. The van der Waals surface area contributed by atoms with Gasteiger partial charge in [-0.1, -0.05) is 0 Å². The van der Waals surface area contributed by atoms with Crippen molar-refractivity contribution in [2.75, 3.05) is 26.2 Å². The van der Waals surface area contributed by atoms with E-state index in [1.165, 1.54) is 24.4 Å². The number of piperidine rings is 1. The van der Waals surface area contributed by atoms with Crippen LogP contribution in [-0.2, 0) is 4.79 Å². The first-order valence-corrected chi connectivity index (χ1v) is 12.5. The number of aromatic nitrogens is 1. The summed E-state index contributed by atoms with van der Waals surface area (Å²) in [6.07, 6.45) is 6.71. The average Bonchev–Trinajstić information content (AvgIpc) is 3.49. The molecule has 0 aliphatic carbocycles. The van der Waals surface area contributed by atoms with Crippen LogP contribution in [0.1, 0.15) is 50.7 Å². The summed E-state index contributed by atoms with van der Waals surface area (Å²) < 4.78 is 14.0. The van der Waals surface area contributed by atoms with Crippen LogP contribution in [-0.4, -0.2) is 63.7 Å². The molecular formula is C27H34FN5O3. The number of amides is 3. The van der Waals surface area contributed by atoms with Gasteiger partial charge < -0.3 is 25.2 Å². The Kier molecular flexibility index (Phi) is 7.76. The summed E-state index contributed by atoms with van der Waals surface area (Å²) in [7, 11) is 0. The van der Waals surface area contributed by atoms with Crippen LogP contribution in [0, 0.1) is 18.7 Å². The number of hydrogen-bond donors (Lipinski definition) is 3. The third-order valence-corrected chi connectivity index (χ3v) is 6.98. The van der Waals surface area contributed by atoms with Gasteiger partial charge in [-0.3, -0.25) is 9.79 Å². The molecule has 1 atom stereocenters. The molecule has 1 aromatic rings. The Labute approximate surface area is 210 Å². The molecule has 4 heterocycles. The van der Waals surface area contributed by atoms with Crippen molar-refractivity contribution in [3.05, 3.63) is 58.3 Å². The van der Waals surface area contributed by atoms with E-state index >= 15 is 0 Å². The molecule has 36 heavy (non-hydrogen) atoms. The molecule has 0 aromatic carbocycles. The molecule has 2 fully saturated rings. The van der Waals surface area contributed by atoms with Gasteiger partial charge in [0.2, 0.25) is 5.91 Å². The van der Waals surface area contributed by atoms with Gasteiger partial charge in [0.1, 0.15) is 5.82 Å². The van der Waals surface area contributed by atoms with Gasteiger partial charge in [0.15, 0.2) is 5.88 Å². The lowest BCUT2D eigenvalue weighted by atomic mass is 9.97. The van der Waals surface area contributed by atoms with E-state index in [0.717, 1.165) is 44.3 Å². The van der Waals surface area contributed by atoms with E-state index in [1.54, 1.807) is 17.9 Å². The second-order valence-electron chi connectivity index (χ2n) is 9.62. The molecule has 192 valence electrons. The predicted octanol–water partition coefficient (Wildman–Crippen LogP) is 4.43. The average molecular weight is 496 g/mol. The number of nitrogens with one attached hydrogen (secondary N) is 2. The zero-order valence-corrected chi connectivity index (χ0v) is 21.1. The maximum atomic E-state index is 14.0. The van der Waals surface area contributed by atoms with Crippen LogP contribution < -0.4 is 5.32 Å². The number of aryl methyl sites for hydroxylation is 1. The summed E-state index contributed by atoms with van der Waals surface area (Å²) in [5, 5.41) is 13.5. The summed E-state index contributed by atoms with van der Waals surface area (Å²) in [5.41, 5.74) is 3.51. The van der Waals surface area contributed by atoms with Crippen LogP contribution >= 0.6 is 0 Å². The van der Waals surface area contributed by atoms with Crippen LogP contribution in [0.25, 0.3) is 6.08 Å². The van der Waals surface area contributed by atoms with Crippen molar-refractivity contribution >= 4 is 23.7 Å². The highest BCUT2D eigenvalue weighted by Gasteiger charge is 2.32. The molecule has 1 aromatic heterocycles. The van der Waals surface area contributed by atoms with Crippen molar-refractivity contribution in [3.63, 3.8) is 0 Å². The number of aromatic amines is 1. The van der Waals surface area contributed by atoms with Gasteiger partial charge >= 0.3 is 6.03 Å². The standard InChI is InChI=1S/C27H34FN5O3/c1-17-14-21(28)9-6-10-29-26(35)22(17)15-23-18(2)24(19(3)30-23)31-25(34)20-8-7-13-33(16-20)27(36)32-11-4-5-12-32/h6,9-10,14-15,20,29,35H,4-5,7-8,11-13,16H2,1-3H3,(H,31,34). The normalized spacial score (nSPS) is 21.1. The molecule has 2 saturated heterocycles. The zero-order valence-electron chi connectivity index (χ0n) is 21.1. The number of H-pyrrole nitrogens is 1. The zero-order chi connectivity index (χ0) is 25.8. The summed E-state index contributed by atoms with van der Waals surface area (Å²) >= 11 is 0. The second-order valence-corrected chi connectivity index (χ2v) is 9.62. The Bertz CT molecular complexity index is 1190. The largest absolute Gasteiger partial charge is 0.494 e. The lowest BCUT2D eigenvalue weighted by molar-refractivity contribution is -0.125. The maximum absolute atomic E-state index is 14.0. The minimum atomic E-state index is -0.438. The monoisotopic (exact) mass is 495 g/mol. The first-order chi connectivity index (χ1) is 17.2. The molecule has 9 heteroatoms. The first-order valence-electron chi connectivity index (χ1n) is 12.5. The molecule has 4 rings (SSSR count). The van der Waals surface area contributed by atoms with Crippen molar-refractivity contribution in [1.82, 2.24) is 20.1 Å². The van der Waals surface area contributed by atoms with Gasteiger partial charge in [0.25, 0.3) is 0 Å². The molecular weight excluding hydrogens is 461 g/mol. The number of nitrogens with zero attached hydrogens (tertiary/aromatic N) is 3. The highest BCUT2D eigenvalue weighted by molar-refractivity contribution is 6.06. The second kappa shape index (κ2) is 11.0. The summed E-state index contributed by atoms with van der Waals surface area (Å²) in [6, 6.07) is 4.13. The number of hydrogen-bond acceptors (Lipinski definition) is 4. The third kappa shape index (κ3) is 5.61. The van der Waals surface area contributed by atoms with Crippen molar-refractivity contribution in [3.8, 4) is 5.88 Å². The number of allylic oxidation sites excluding steroid dienone is 2. The van der Waals surface area contributed by atoms with E-state index in [4.69, 9.17) is 0 Å². The smallest absolute Gasteiger partial charge is 0.320 e. The SMILES string of the molecule is CC1=NC(=Cc2c(C)cc(F)ccc[nH]c2O)C(C)=C1NC(=O)C1CCCN(C(=O)N2CCCC2)C1. The van der Waals surface area contributed by atoms with E-state index in [2.05, 4.69) is 15.3 Å². The molecule has 8 nitrogen and oxygen atoms in total. The topological polar surface area (TPSA) is 101 Å². The Morgan fingerprint density at radius 3 is 2.64 bits per heavy atom. The summed E-state index contributed by atoms with van der Waals surface area (Å²) in [5.74, 6) is -0.979. The Balaban J connectivity index is 1.53. The molecule has 3 aliphatic heterocycles. The number of aromatic hydroxyl groups is 1. The fraction of sp³-hybridized carbons (Fsp3) is 0.444. The fourth-order valence-corrected chi connectivity index (χ4v) is 4.93. The number of halogens is 1. The van der Waals surface area contributed by atoms with Crippen molar-refractivity contribution in [1.29, 1.82) is 0 Å². The Morgan fingerprint density at radius 1 is 1.17 bits per heavy atom. The van der Waals surface area contributed by atoms with Gasteiger partial charge in [0, 0.05) is 43.5 Å². The number of rotatable bonds is 3. The van der Waals surface area contributed by atoms with E-state index in [1.807, 2.05) is 18.7 Å². The quantitative estimate of drug-likeness (QED) is 0.578. The van der Waals surface area contributed by atoms with E-state index in [-0.39, 0.29) is 23.7 Å². The Morgan fingerprint density at radius 2 is 1.89 bits per heavy atom. The van der Waals surface area contributed by atoms with E-state index in [0.29, 0.717) is 41.3 Å². The molecule has 1 unspecified atom stereocenters. The molecule has 0 spiro atoms. The van der Waals surface area contributed by atoms with Gasteiger partial charge in [-0.15, -0.1) is 0 Å². The van der Waals surface area contributed by atoms with Crippen LogP contribution in [0.3, 0.4) is 0 Å². The number of aliphatic imine (C=N–C) groups is 1. The molecule has 3 aliphatic rings.